The summed E-state index contributed by atoms with van der Waals surface area (Å²) in [6.45, 7) is 14.9. The van der Waals surface area contributed by atoms with Crippen molar-refractivity contribution in [3.63, 3.8) is 0 Å². The number of aliphatic hydroxyl groups is 13. The second kappa shape index (κ2) is 21.5. The number of rotatable bonds is 12. The predicted molar refractivity (Wildman–Crippen MR) is 263 cm³/mol. The SMILES string of the molecule is C[C@@H]1O[C@@H](O[C@H]2[C@H](O[C@H]3[C@H](O[C@H]4CC[C@@]5(C)C(CC[C@]6(C)C5CC=C5[C@@H]7C[C@](C)(CO)C[C@@H](O[C@@H]8O[C@@H](C)[C@H](O)[C@@H](O)[C@H]8O)[C@]7(C)CC[C@]56C)[C@@]4(C)CO)O[C@H](C(=O)O)[C@@H](O)[C@@H]3O)O[C@H](CO)[C@H](O)[C@@H]2O)[C@H](O)[C@H](O)[C@H]1O. The van der Waals surface area contributed by atoms with Gasteiger partial charge in [-0.05, 0) is 111 Å². The zero-order valence-corrected chi connectivity index (χ0v) is 45.4. The van der Waals surface area contributed by atoms with Crippen molar-refractivity contribution in [2.24, 2.45) is 50.2 Å². The van der Waals surface area contributed by atoms with E-state index >= 15 is 0 Å². The number of allylic oxidation sites excluding steroid dienone is 2. The van der Waals surface area contributed by atoms with Crippen LogP contribution in [0.15, 0.2) is 11.6 Å². The molecule has 0 spiro atoms. The molecule has 77 heavy (non-hydrogen) atoms. The Labute approximate surface area is 449 Å². The Morgan fingerprint density at radius 1 is 0.558 bits per heavy atom. The van der Waals surface area contributed by atoms with E-state index in [0.717, 1.165) is 25.7 Å². The first-order valence-corrected chi connectivity index (χ1v) is 27.8. The fourth-order valence-corrected chi connectivity index (χ4v) is 16.6. The third kappa shape index (κ3) is 9.61. The molecule has 31 atom stereocenters. The van der Waals surface area contributed by atoms with Crippen LogP contribution >= 0.6 is 0 Å². The van der Waals surface area contributed by atoms with Crippen LogP contribution in [0, 0.1) is 50.2 Å². The molecule has 2 unspecified atom stereocenters. The van der Waals surface area contributed by atoms with Crippen LogP contribution in [0.25, 0.3) is 0 Å². The van der Waals surface area contributed by atoms with Crippen LogP contribution in [0.4, 0.5) is 0 Å². The molecule has 14 N–H and O–H groups in total. The molecule has 4 heterocycles. The van der Waals surface area contributed by atoms with Crippen LogP contribution in [0.5, 0.6) is 0 Å². The van der Waals surface area contributed by atoms with Crippen molar-refractivity contribution < 1.29 is 114 Å². The van der Waals surface area contributed by atoms with Gasteiger partial charge in [0.25, 0.3) is 0 Å². The van der Waals surface area contributed by atoms with Crippen molar-refractivity contribution in [3.8, 4) is 0 Å². The molecule has 0 amide bonds. The molecular weight excluding hydrogens is 1020 g/mol. The summed E-state index contributed by atoms with van der Waals surface area (Å²) in [5, 5.41) is 152. The summed E-state index contributed by atoms with van der Waals surface area (Å²) in [4.78, 5) is 12.6. The fourth-order valence-electron chi connectivity index (χ4n) is 16.6. The standard InChI is InChI=1S/C54H88O23/c1-22-31(58)34(61)39(66)45(70-22)74-30-18-49(3,20-56)17-25-24-9-10-28-51(5)13-12-29(52(6,21-57)27(51)11-14-54(28,8)53(24,7)16-15-50(25,30)4)73-48-43(38(65)37(64)41(75-48)44(68)69)77-47-42(36(63)33(60)26(19-55)72-47)76-46-40(67)35(62)32(59)23(2)71-46/h9,22-23,25-43,45-48,55-67H,10-21H2,1-8H3,(H,68,69)/t22-,23-,25-,26+,27?,28?,29-,30+,31-,32-,33-,34+,35+,36-,37-,38-,39+,40+,41-,42+,43+,45-,46-,47-,48+,49-,50+,51-,52+,53+,54+/m0/s1. The molecule has 0 aromatic rings. The van der Waals surface area contributed by atoms with E-state index in [2.05, 4.69) is 40.7 Å². The zero-order chi connectivity index (χ0) is 56.4. The van der Waals surface area contributed by atoms with Crippen molar-refractivity contribution in [1.82, 2.24) is 0 Å². The maximum absolute atomic E-state index is 12.6. The van der Waals surface area contributed by atoms with E-state index in [1.807, 2.05) is 6.92 Å². The fraction of sp³-hybridized carbons (Fsp3) is 0.944. The summed E-state index contributed by atoms with van der Waals surface area (Å²) in [7, 11) is 0. The van der Waals surface area contributed by atoms with E-state index in [4.69, 9.17) is 37.9 Å². The number of hydrogen-bond donors (Lipinski definition) is 14. The average Bonchev–Trinajstić information content (AvgIpc) is 3.55. The Morgan fingerprint density at radius 2 is 1.12 bits per heavy atom. The number of aliphatic carboxylic acids is 1. The lowest BCUT2D eigenvalue weighted by atomic mass is 9.33. The highest BCUT2D eigenvalue weighted by molar-refractivity contribution is 5.73. The number of fused-ring (bicyclic) bond motifs is 7. The van der Waals surface area contributed by atoms with Gasteiger partial charge in [0.15, 0.2) is 31.3 Å². The van der Waals surface area contributed by atoms with Gasteiger partial charge in [-0.1, -0.05) is 53.2 Å². The first kappa shape index (κ1) is 60.0. The van der Waals surface area contributed by atoms with Gasteiger partial charge in [0.1, 0.15) is 79.4 Å². The minimum Gasteiger partial charge on any atom is -0.479 e. The van der Waals surface area contributed by atoms with Crippen molar-refractivity contribution in [3.05, 3.63) is 11.6 Å². The van der Waals surface area contributed by atoms with Crippen molar-refractivity contribution in [2.75, 3.05) is 19.8 Å². The number of hydrogen-bond acceptors (Lipinski definition) is 22. The van der Waals surface area contributed by atoms with E-state index in [0.29, 0.717) is 32.1 Å². The van der Waals surface area contributed by atoms with Crippen LogP contribution in [0.2, 0.25) is 0 Å². The lowest BCUT2D eigenvalue weighted by Gasteiger charge is -2.72. The topological polar surface area (TPSA) is 374 Å². The Balaban J connectivity index is 0.984. The van der Waals surface area contributed by atoms with Gasteiger partial charge in [-0.2, -0.15) is 0 Å². The average molecular weight is 1110 g/mol. The van der Waals surface area contributed by atoms with Crippen LogP contribution in [-0.2, 0) is 42.7 Å². The molecule has 5 aliphatic carbocycles. The number of aliphatic hydroxyl groups excluding tert-OH is 13. The monoisotopic (exact) mass is 1100 g/mol. The molecule has 0 aromatic heterocycles. The molecule has 0 radical (unpaired) electrons. The van der Waals surface area contributed by atoms with E-state index in [1.165, 1.54) is 12.5 Å². The van der Waals surface area contributed by atoms with Gasteiger partial charge in [-0.15, -0.1) is 0 Å². The number of carboxylic acid groups (broad SMARTS) is 1. The van der Waals surface area contributed by atoms with Gasteiger partial charge in [0, 0.05) is 17.4 Å². The summed E-state index contributed by atoms with van der Waals surface area (Å²) in [5.41, 5.74) is -1.64. The smallest absolute Gasteiger partial charge is 0.335 e. The highest BCUT2D eigenvalue weighted by atomic mass is 16.8. The first-order chi connectivity index (χ1) is 36.0. The maximum atomic E-state index is 12.6. The van der Waals surface area contributed by atoms with Gasteiger partial charge in [0.05, 0.1) is 37.6 Å². The van der Waals surface area contributed by atoms with Crippen molar-refractivity contribution in [2.45, 2.75) is 248 Å². The van der Waals surface area contributed by atoms with E-state index in [1.54, 1.807) is 6.92 Å². The van der Waals surface area contributed by atoms with Gasteiger partial charge in [-0.25, -0.2) is 4.79 Å². The summed E-state index contributed by atoms with van der Waals surface area (Å²) in [5.74, 6) is -1.72. The highest BCUT2D eigenvalue weighted by Crippen LogP contribution is 2.76. The quantitative estimate of drug-likeness (QED) is 0.0783. The van der Waals surface area contributed by atoms with E-state index in [-0.39, 0.29) is 41.8 Å². The number of carboxylic acids is 1. The predicted octanol–water partition coefficient (Wildman–Crippen LogP) is -1.47. The second-order valence-electron chi connectivity index (χ2n) is 26.2. The van der Waals surface area contributed by atoms with Crippen molar-refractivity contribution in [1.29, 1.82) is 0 Å². The molecule has 9 aliphatic rings. The Kier molecular flexibility index (Phi) is 16.8. The van der Waals surface area contributed by atoms with E-state index in [9.17, 15) is 76.3 Å². The molecule has 4 aliphatic heterocycles. The van der Waals surface area contributed by atoms with Crippen LogP contribution in [-0.4, -0.2) is 232 Å². The molecule has 0 aromatic carbocycles. The summed E-state index contributed by atoms with van der Waals surface area (Å²) in [6, 6.07) is 0. The molecule has 23 nitrogen and oxygen atoms in total. The first-order valence-electron chi connectivity index (χ1n) is 27.8. The summed E-state index contributed by atoms with van der Waals surface area (Å²) < 4.78 is 49.0. The number of carbonyl (C=O) groups is 1. The third-order valence-electron chi connectivity index (χ3n) is 21.8. The Bertz CT molecular complexity index is 2140. The largest absolute Gasteiger partial charge is 0.479 e. The second-order valence-corrected chi connectivity index (χ2v) is 26.2. The molecule has 9 rings (SSSR count). The Hall–Kier alpha value is -1.63. The van der Waals surface area contributed by atoms with E-state index < -0.39 is 169 Å². The molecule has 8 fully saturated rings. The van der Waals surface area contributed by atoms with Crippen LogP contribution < -0.4 is 0 Å². The molecule has 0 bridgehead atoms. The molecule has 23 heteroatoms. The zero-order valence-electron chi connectivity index (χ0n) is 45.4. The van der Waals surface area contributed by atoms with Crippen LogP contribution in [0.1, 0.15) is 113 Å². The van der Waals surface area contributed by atoms with Crippen molar-refractivity contribution >= 4 is 5.97 Å². The van der Waals surface area contributed by atoms with Gasteiger partial charge < -0.3 is 109 Å². The van der Waals surface area contributed by atoms with Gasteiger partial charge in [-0.3, -0.25) is 0 Å². The lowest BCUT2D eigenvalue weighted by molar-refractivity contribution is -0.396. The minimum atomic E-state index is -2.11. The highest BCUT2D eigenvalue weighted by Gasteiger charge is 2.70. The molecule has 4 saturated heterocycles. The number of ether oxygens (including phenoxy) is 8. The minimum absolute atomic E-state index is 0.0170. The lowest BCUT2D eigenvalue weighted by Crippen LogP contribution is -2.68. The van der Waals surface area contributed by atoms with Gasteiger partial charge >= 0.3 is 5.97 Å². The summed E-state index contributed by atoms with van der Waals surface area (Å²) in [6.07, 6.45) is -26.1. The normalized spacial score (nSPS) is 56.9. The summed E-state index contributed by atoms with van der Waals surface area (Å²) >= 11 is 0. The molecule has 4 saturated carbocycles. The molecule has 442 valence electrons. The Morgan fingerprint density at radius 3 is 1.69 bits per heavy atom. The maximum Gasteiger partial charge on any atom is 0.335 e. The van der Waals surface area contributed by atoms with Gasteiger partial charge in [0.2, 0.25) is 0 Å². The third-order valence-corrected chi connectivity index (χ3v) is 21.8. The van der Waals surface area contributed by atoms with Crippen LogP contribution in [0.3, 0.4) is 0 Å². The molecular formula is C54H88O23.